The number of carbonyl (C=O) groups is 1. The van der Waals surface area contributed by atoms with Gasteiger partial charge in [0.2, 0.25) is 5.91 Å². The highest BCUT2D eigenvalue weighted by Crippen LogP contribution is 2.16. The van der Waals surface area contributed by atoms with E-state index in [1.54, 1.807) is 4.90 Å². The van der Waals surface area contributed by atoms with E-state index in [-0.39, 0.29) is 18.0 Å². The zero-order chi connectivity index (χ0) is 13.1. The van der Waals surface area contributed by atoms with Gasteiger partial charge in [0.1, 0.15) is 12.4 Å². The molecule has 98 valence electrons. The molecule has 0 aromatic carbocycles. The summed E-state index contributed by atoms with van der Waals surface area (Å²) in [5.74, 6) is 0.0233. The molecule has 1 aliphatic heterocycles. The lowest BCUT2D eigenvalue weighted by Crippen LogP contribution is -2.41. The first-order chi connectivity index (χ1) is 8.56. The number of hydrogen-bond acceptors (Lipinski definition) is 2. The molecule has 1 saturated heterocycles. The van der Waals surface area contributed by atoms with Gasteiger partial charge in [-0.3, -0.25) is 9.59 Å². The van der Waals surface area contributed by atoms with E-state index in [9.17, 15) is 14.0 Å². The quantitative estimate of drug-likeness (QED) is 0.795. The van der Waals surface area contributed by atoms with Crippen molar-refractivity contribution in [3.63, 3.8) is 0 Å². The maximum atomic E-state index is 13.0. The Morgan fingerprint density at radius 1 is 1.39 bits per heavy atom. The van der Waals surface area contributed by atoms with E-state index < -0.39 is 5.82 Å². The predicted molar refractivity (Wildman–Crippen MR) is 65.6 cm³/mol. The van der Waals surface area contributed by atoms with Crippen LogP contribution in [0.1, 0.15) is 19.8 Å². The van der Waals surface area contributed by atoms with Gasteiger partial charge in [0.15, 0.2) is 0 Å². The van der Waals surface area contributed by atoms with Gasteiger partial charge >= 0.3 is 0 Å². The number of amides is 1. The molecule has 2 heterocycles. The van der Waals surface area contributed by atoms with E-state index >= 15 is 0 Å². The smallest absolute Gasteiger partial charge is 0.251 e. The van der Waals surface area contributed by atoms with Crippen molar-refractivity contribution in [2.45, 2.75) is 26.3 Å². The van der Waals surface area contributed by atoms with Gasteiger partial charge in [-0.05, 0) is 24.8 Å². The lowest BCUT2D eigenvalue weighted by Gasteiger charge is -2.30. The Balaban J connectivity index is 2.03. The van der Waals surface area contributed by atoms with E-state index in [4.69, 9.17) is 0 Å². The molecule has 0 N–H and O–H groups in total. The van der Waals surface area contributed by atoms with Crippen molar-refractivity contribution in [1.82, 2.24) is 9.47 Å². The second-order valence-corrected chi connectivity index (χ2v) is 4.88. The number of piperidine rings is 1. The summed E-state index contributed by atoms with van der Waals surface area (Å²) in [6.07, 6.45) is 3.06. The van der Waals surface area contributed by atoms with Crippen molar-refractivity contribution in [1.29, 1.82) is 0 Å². The Labute approximate surface area is 105 Å². The molecule has 0 aliphatic carbocycles. The molecule has 2 rings (SSSR count). The zero-order valence-corrected chi connectivity index (χ0v) is 10.4. The minimum atomic E-state index is -0.505. The molecule has 5 heteroatoms. The van der Waals surface area contributed by atoms with E-state index in [1.165, 1.54) is 0 Å². The highest BCUT2D eigenvalue weighted by molar-refractivity contribution is 5.76. The summed E-state index contributed by atoms with van der Waals surface area (Å²) in [6.45, 7) is 3.54. The van der Waals surface area contributed by atoms with Gasteiger partial charge in [-0.1, -0.05) is 6.92 Å². The largest absolute Gasteiger partial charge is 0.341 e. The van der Waals surface area contributed by atoms with Crippen LogP contribution in [0.5, 0.6) is 0 Å². The summed E-state index contributed by atoms with van der Waals surface area (Å²) in [4.78, 5) is 25.2. The fourth-order valence-corrected chi connectivity index (χ4v) is 2.13. The molecule has 4 nitrogen and oxygen atoms in total. The van der Waals surface area contributed by atoms with Crippen LogP contribution in [-0.4, -0.2) is 28.5 Å². The van der Waals surface area contributed by atoms with Crippen LogP contribution in [0.15, 0.2) is 23.1 Å². The van der Waals surface area contributed by atoms with Crippen molar-refractivity contribution in [3.05, 3.63) is 34.5 Å². The van der Waals surface area contributed by atoms with Gasteiger partial charge in [-0.25, -0.2) is 4.39 Å². The third-order valence-corrected chi connectivity index (χ3v) is 3.39. The lowest BCUT2D eigenvalue weighted by atomic mass is 9.99. The van der Waals surface area contributed by atoms with E-state index in [2.05, 4.69) is 6.92 Å². The molecule has 1 fully saturated rings. The number of aromatic nitrogens is 1. The van der Waals surface area contributed by atoms with Crippen LogP contribution in [0.4, 0.5) is 4.39 Å². The molecule has 1 aromatic heterocycles. The van der Waals surface area contributed by atoms with Crippen LogP contribution >= 0.6 is 0 Å². The van der Waals surface area contributed by atoms with Crippen molar-refractivity contribution < 1.29 is 9.18 Å². The number of pyridine rings is 1. The third-order valence-electron chi connectivity index (χ3n) is 3.39. The molecule has 0 radical (unpaired) electrons. The molecular formula is C13H17FN2O2. The van der Waals surface area contributed by atoms with Crippen molar-refractivity contribution >= 4 is 5.91 Å². The summed E-state index contributed by atoms with van der Waals surface area (Å²) in [5.41, 5.74) is -0.352. The average Bonchev–Trinajstić information content (AvgIpc) is 2.34. The van der Waals surface area contributed by atoms with Crippen molar-refractivity contribution in [2.75, 3.05) is 13.1 Å². The summed E-state index contributed by atoms with van der Waals surface area (Å²) in [7, 11) is 0. The molecule has 1 aliphatic rings. The first-order valence-corrected chi connectivity index (χ1v) is 6.20. The monoisotopic (exact) mass is 252 g/mol. The molecule has 0 spiro atoms. The maximum Gasteiger partial charge on any atom is 0.251 e. The molecule has 18 heavy (non-hydrogen) atoms. The average molecular weight is 252 g/mol. The Kier molecular flexibility index (Phi) is 3.79. The molecule has 0 saturated carbocycles. The SMILES string of the molecule is CC1CCN(C(=O)Cn2cc(F)ccc2=O)CC1. The Hall–Kier alpha value is -1.65. The Morgan fingerprint density at radius 2 is 2.06 bits per heavy atom. The minimum absolute atomic E-state index is 0.0784. The van der Waals surface area contributed by atoms with Gasteiger partial charge < -0.3 is 9.47 Å². The summed E-state index contributed by atoms with van der Waals surface area (Å²) < 4.78 is 14.1. The van der Waals surface area contributed by atoms with Crippen molar-refractivity contribution in [3.8, 4) is 0 Å². The number of rotatable bonds is 2. The number of likely N-dealkylation sites (tertiary alicyclic amines) is 1. The molecule has 0 bridgehead atoms. The first kappa shape index (κ1) is 12.8. The highest BCUT2D eigenvalue weighted by atomic mass is 19.1. The zero-order valence-electron chi connectivity index (χ0n) is 10.4. The second-order valence-electron chi connectivity index (χ2n) is 4.88. The number of carbonyl (C=O) groups excluding carboxylic acids is 1. The molecule has 1 aromatic rings. The van der Waals surface area contributed by atoms with Gasteiger partial charge in [0, 0.05) is 25.4 Å². The first-order valence-electron chi connectivity index (χ1n) is 6.20. The fourth-order valence-electron chi connectivity index (χ4n) is 2.13. The summed E-state index contributed by atoms with van der Waals surface area (Å²) in [5, 5.41) is 0. The third kappa shape index (κ3) is 2.97. The minimum Gasteiger partial charge on any atom is -0.341 e. The Morgan fingerprint density at radius 3 is 2.72 bits per heavy atom. The van der Waals surface area contributed by atoms with Crippen LogP contribution < -0.4 is 5.56 Å². The van der Waals surface area contributed by atoms with E-state index in [0.717, 1.165) is 48.8 Å². The normalized spacial score (nSPS) is 16.9. The molecular weight excluding hydrogens is 235 g/mol. The Bertz CT molecular complexity index is 490. The van der Waals surface area contributed by atoms with Gasteiger partial charge in [0.05, 0.1) is 0 Å². The summed E-state index contributed by atoms with van der Waals surface area (Å²) in [6, 6.07) is 2.24. The number of nitrogens with zero attached hydrogens (tertiary/aromatic N) is 2. The number of hydrogen-bond donors (Lipinski definition) is 0. The van der Waals surface area contributed by atoms with Gasteiger partial charge in [0.25, 0.3) is 5.56 Å². The van der Waals surface area contributed by atoms with Crippen LogP contribution in [0.3, 0.4) is 0 Å². The fraction of sp³-hybridized carbons (Fsp3) is 0.538. The van der Waals surface area contributed by atoms with Crippen LogP contribution in [0.2, 0.25) is 0 Å². The summed E-state index contributed by atoms with van der Waals surface area (Å²) >= 11 is 0. The topological polar surface area (TPSA) is 42.3 Å². The second kappa shape index (κ2) is 5.33. The predicted octanol–water partition coefficient (Wildman–Crippen LogP) is 1.25. The molecule has 0 unspecified atom stereocenters. The highest BCUT2D eigenvalue weighted by Gasteiger charge is 2.20. The van der Waals surface area contributed by atoms with E-state index in [0.29, 0.717) is 5.92 Å². The molecule has 0 atom stereocenters. The molecule has 1 amide bonds. The van der Waals surface area contributed by atoms with Crippen LogP contribution in [0.25, 0.3) is 0 Å². The van der Waals surface area contributed by atoms with Gasteiger partial charge in [-0.2, -0.15) is 0 Å². The number of halogens is 1. The standard InChI is InChI=1S/C13H17FN2O2/c1-10-4-6-15(7-5-10)13(18)9-16-8-11(14)2-3-12(16)17/h2-3,8,10H,4-7,9H2,1H3. The van der Waals surface area contributed by atoms with E-state index in [1.807, 2.05) is 0 Å². The lowest BCUT2D eigenvalue weighted by molar-refractivity contribution is -0.133. The van der Waals surface area contributed by atoms with Crippen LogP contribution in [-0.2, 0) is 11.3 Å². The van der Waals surface area contributed by atoms with Crippen LogP contribution in [0, 0.1) is 11.7 Å². The maximum absolute atomic E-state index is 13.0. The van der Waals surface area contributed by atoms with Crippen molar-refractivity contribution in [2.24, 2.45) is 5.92 Å². The van der Waals surface area contributed by atoms with Gasteiger partial charge in [-0.15, -0.1) is 0 Å².